The number of aryl methyl sites for hydroxylation is 1. The normalized spacial score (nSPS) is 33.7. The van der Waals surface area contributed by atoms with Crippen LogP contribution in [0.2, 0.25) is 0 Å². The first-order chi connectivity index (χ1) is 10.9. The number of rotatable bonds is 3. The lowest BCUT2D eigenvalue weighted by atomic mass is 9.49. The number of halogens is 1. The molecule has 0 heterocycles. The molecule has 0 amide bonds. The predicted molar refractivity (Wildman–Crippen MR) is 109 cm³/mol. The van der Waals surface area contributed by atoms with E-state index >= 15 is 0 Å². The summed E-state index contributed by atoms with van der Waals surface area (Å²) in [5.41, 5.74) is 5.68. The second-order valence-corrected chi connectivity index (χ2v) is 9.37. The highest BCUT2D eigenvalue weighted by Crippen LogP contribution is 2.58. The van der Waals surface area contributed by atoms with Crippen LogP contribution in [0.4, 0.5) is 0 Å². The van der Waals surface area contributed by atoms with Gasteiger partial charge in [-0.05, 0) is 75.5 Å². The molecule has 0 saturated heterocycles. The highest BCUT2D eigenvalue weighted by Gasteiger charge is 2.50. The molecule has 0 radical (unpaired) electrons. The van der Waals surface area contributed by atoms with Crippen molar-refractivity contribution in [2.45, 2.75) is 77.6 Å². The van der Waals surface area contributed by atoms with Crippen LogP contribution in [0.15, 0.2) is 28.4 Å². The summed E-state index contributed by atoms with van der Waals surface area (Å²) >= 11 is 2.37. The van der Waals surface area contributed by atoms with E-state index in [4.69, 9.17) is 0 Å². The maximum Gasteiger partial charge on any atom is -0.00389 e. The summed E-state index contributed by atoms with van der Waals surface area (Å²) in [5, 5.41) is 0. The van der Waals surface area contributed by atoms with Gasteiger partial charge in [0, 0.05) is 0 Å². The van der Waals surface area contributed by atoms with Crippen molar-refractivity contribution in [2.75, 3.05) is 0 Å². The molecule has 2 aliphatic rings. The Labute approximate surface area is 156 Å². The van der Waals surface area contributed by atoms with Gasteiger partial charge in [-0.25, -0.2) is 0 Å². The molecule has 0 aliphatic heterocycles. The third-order valence-electron chi connectivity index (χ3n) is 6.84. The Balaban J connectivity index is 2.00. The molecule has 0 aromatic heterocycles. The molecule has 0 N–H and O–H groups in total. The first-order valence-electron chi connectivity index (χ1n) is 9.29. The molecule has 0 bridgehead atoms. The molecule has 0 nitrogen and oxygen atoms in total. The second kappa shape index (κ2) is 6.54. The third-order valence-corrected chi connectivity index (χ3v) is 7.35. The summed E-state index contributed by atoms with van der Waals surface area (Å²) in [6.07, 6.45) is 10.4. The van der Waals surface area contributed by atoms with E-state index < -0.39 is 0 Å². The molecule has 0 unspecified atom stereocenters. The molecule has 2 aliphatic carbocycles. The summed E-state index contributed by atoms with van der Waals surface area (Å²) in [5.74, 6) is 1.46. The van der Waals surface area contributed by atoms with Crippen LogP contribution < -0.4 is 0 Å². The van der Waals surface area contributed by atoms with E-state index in [1.54, 1.807) is 11.1 Å². The lowest BCUT2D eigenvalue weighted by molar-refractivity contribution is 0.0280. The molecule has 23 heavy (non-hydrogen) atoms. The number of allylic oxidation sites excluding steroid dienone is 1. The van der Waals surface area contributed by atoms with Gasteiger partial charge in [0.15, 0.2) is 0 Å². The lowest BCUT2D eigenvalue weighted by Crippen LogP contribution is -2.48. The molecule has 3 rings (SSSR count). The van der Waals surface area contributed by atoms with Gasteiger partial charge in [-0.1, -0.05) is 81.0 Å². The van der Waals surface area contributed by atoms with Crippen LogP contribution in [-0.2, 0) is 11.8 Å². The molecule has 1 aromatic rings. The molecular weight excluding hydrogens is 391 g/mol. The standard InChI is InChI=1S/C22H31I/c1-16(2)17-7-9-19-18(15-17)8-10-20-21(3,12-6-14-23)11-5-13-22(19,20)4/h6-7,9,14-16,20H,5,8,10-13H2,1-4H3/b14-6+/t20-,21-,22+/m0/s1. The van der Waals surface area contributed by atoms with Gasteiger partial charge < -0.3 is 0 Å². The average molecular weight is 422 g/mol. The highest BCUT2D eigenvalue weighted by atomic mass is 127. The molecule has 126 valence electrons. The van der Waals surface area contributed by atoms with Crippen LogP contribution in [0.25, 0.3) is 0 Å². The second-order valence-electron chi connectivity index (χ2n) is 8.65. The Hall–Kier alpha value is -0.310. The maximum absolute atomic E-state index is 2.57. The quantitative estimate of drug-likeness (QED) is 0.454. The van der Waals surface area contributed by atoms with E-state index in [0.717, 1.165) is 5.92 Å². The van der Waals surface area contributed by atoms with Crippen molar-refractivity contribution in [3.63, 3.8) is 0 Å². The molecule has 1 aromatic carbocycles. The molecule has 3 atom stereocenters. The van der Waals surface area contributed by atoms with Crippen LogP contribution in [0, 0.1) is 11.3 Å². The number of hydrogen-bond acceptors (Lipinski definition) is 0. The van der Waals surface area contributed by atoms with E-state index in [1.165, 1.54) is 44.1 Å². The van der Waals surface area contributed by atoms with Crippen LogP contribution in [-0.4, -0.2) is 0 Å². The minimum absolute atomic E-state index is 0.384. The van der Waals surface area contributed by atoms with Gasteiger partial charge >= 0.3 is 0 Å². The Morgan fingerprint density at radius 3 is 2.74 bits per heavy atom. The zero-order valence-corrected chi connectivity index (χ0v) is 17.3. The van der Waals surface area contributed by atoms with E-state index in [9.17, 15) is 0 Å². The Kier molecular flexibility index (Phi) is 4.98. The van der Waals surface area contributed by atoms with Gasteiger partial charge in [0.05, 0.1) is 0 Å². The fourth-order valence-electron chi connectivity index (χ4n) is 5.56. The van der Waals surface area contributed by atoms with Crippen molar-refractivity contribution in [1.29, 1.82) is 0 Å². The van der Waals surface area contributed by atoms with Crippen molar-refractivity contribution >= 4 is 22.6 Å². The summed E-state index contributed by atoms with van der Waals surface area (Å²) in [6, 6.07) is 7.39. The van der Waals surface area contributed by atoms with Gasteiger partial charge in [0.1, 0.15) is 0 Å². The molecule has 1 saturated carbocycles. The smallest absolute Gasteiger partial charge is 0.00389 e. The van der Waals surface area contributed by atoms with Crippen LogP contribution in [0.5, 0.6) is 0 Å². The maximum atomic E-state index is 2.57. The number of benzene rings is 1. The topological polar surface area (TPSA) is 0 Å². The van der Waals surface area contributed by atoms with Gasteiger partial charge in [-0.3, -0.25) is 0 Å². The van der Waals surface area contributed by atoms with Crippen LogP contribution in [0.3, 0.4) is 0 Å². The fourth-order valence-corrected chi connectivity index (χ4v) is 5.82. The Morgan fingerprint density at radius 1 is 1.26 bits per heavy atom. The Morgan fingerprint density at radius 2 is 2.04 bits per heavy atom. The minimum Gasteiger partial charge on any atom is -0.0779 e. The van der Waals surface area contributed by atoms with Crippen molar-refractivity contribution in [2.24, 2.45) is 11.3 Å². The predicted octanol–water partition coefficient (Wildman–Crippen LogP) is 7.16. The van der Waals surface area contributed by atoms with Crippen molar-refractivity contribution in [3.05, 3.63) is 45.0 Å². The van der Waals surface area contributed by atoms with E-state index in [0.29, 0.717) is 16.7 Å². The fraction of sp³-hybridized carbons (Fsp3) is 0.636. The molecule has 1 heteroatoms. The first-order valence-corrected chi connectivity index (χ1v) is 10.5. The van der Waals surface area contributed by atoms with Crippen molar-refractivity contribution in [3.8, 4) is 0 Å². The average Bonchev–Trinajstić information content (AvgIpc) is 2.52. The van der Waals surface area contributed by atoms with Crippen LogP contribution >= 0.6 is 22.6 Å². The summed E-state index contributed by atoms with van der Waals surface area (Å²) < 4.78 is 2.21. The Bertz CT molecular complexity index is 600. The highest BCUT2D eigenvalue weighted by molar-refractivity contribution is 14.1. The molecule has 0 spiro atoms. The SMILES string of the molecule is CC(C)c1ccc2c(c1)CC[C@H]1[C@](C)(C/C=C/I)CCC[C@]21C. The number of fused-ring (bicyclic) bond motifs is 3. The zero-order valence-electron chi connectivity index (χ0n) is 15.2. The van der Waals surface area contributed by atoms with E-state index in [1.807, 2.05) is 0 Å². The van der Waals surface area contributed by atoms with Gasteiger partial charge in [0.2, 0.25) is 0 Å². The minimum atomic E-state index is 0.384. The summed E-state index contributed by atoms with van der Waals surface area (Å²) in [7, 11) is 0. The first kappa shape index (κ1) is 17.5. The van der Waals surface area contributed by atoms with Gasteiger partial charge in [-0.2, -0.15) is 0 Å². The van der Waals surface area contributed by atoms with E-state index in [-0.39, 0.29) is 0 Å². The largest absolute Gasteiger partial charge is 0.0779 e. The third kappa shape index (κ3) is 3.03. The van der Waals surface area contributed by atoms with Gasteiger partial charge in [-0.15, -0.1) is 0 Å². The summed E-state index contributed by atoms with van der Waals surface area (Å²) in [4.78, 5) is 0. The monoisotopic (exact) mass is 422 g/mol. The van der Waals surface area contributed by atoms with Gasteiger partial charge in [0.25, 0.3) is 0 Å². The summed E-state index contributed by atoms with van der Waals surface area (Å²) in [6.45, 7) is 9.74. The van der Waals surface area contributed by atoms with E-state index in [2.05, 4.69) is 78.6 Å². The van der Waals surface area contributed by atoms with Crippen molar-refractivity contribution < 1.29 is 0 Å². The zero-order chi connectivity index (χ0) is 16.7. The molecular formula is C22H31I. The number of hydrogen-bond donors (Lipinski definition) is 0. The lowest BCUT2D eigenvalue weighted by Gasteiger charge is -2.55. The molecule has 1 fully saturated rings. The van der Waals surface area contributed by atoms with Crippen LogP contribution in [0.1, 0.15) is 82.4 Å². The van der Waals surface area contributed by atoms with Crippen molar-refractivity contribution in [1.82, 2.24) is 0 Å².